The number of nitrogens with zero attached hydrogens (tertiary/aromatic N) is 1. The lowest BCUT2D eigenvalue weighted by Crippen LogP contribution is -2.01. The lowest BCUT2D eigenvalue weighted by atomic mass is 10.1. The van der Waals surface area contributed by atoms with E-state index in [9.17, 15) is 4.79 Å². The highest BCUT2D eigenvalue weighted by Gasteiger charge is 2.13. The van der Waals surface area contributed by atoms with Gasteiger partial charge in [-0.15, -0.1) is 0 Å². The first-order chi connectivity index (χ1) is 7.11. The van der Waals surface area contributed by atoms with Crippen molar-refractivity contribution >= 4 is 34.2 Å². The van der Waals surface area contributed by atoms with E-state index in [2.05, 4.69) is 4.98 Å². The van der Waals surface area contributed by atoms with E-state index in [0.29, 0.717) is 15.8 Å². The first-order valence-corrected chi connectivity index (χ1v) is 4.55. The standard InChI is InChI=1S/C10H7ClN2O2/c11-7-3-1-2-5-8(7)6(10(14)15)4-13-9(5)12/h1-4H,(H2,12,13)(H,14,15). The van der Waals surface area contributed by atoms with Crippen LogP contribution < -0.4 is 5.73 Å². The molecular weight excluding hydrogens is 216 g/mol. The van der Waals surface area contributed by atoms with Gasteiger partial charge in [-0.05, 0) is 6.07 Å². The van der Waals surface area contributed by atoms with Crippen LogP contribution in [0.4, 0.5) is 5.82 Å². The van der Waals surface area contributed by atoms with E-state index in [1.165, 1.54) is 6.20 Å². The molecule has 0 saturated heterocycles. The van der Waals surface area contributed by atoms with Crippen molar-refractivity contribution in [3.8, 4) is 0 Å². The molecule has 1 aromatic heterocycles. The van der Waals surface area contributed by atoms with E-state index in [4.69, 9.17) is 22.4 Å². The Morgan fingerprint density at radius 3 is 2.87 bits per heavy atom. The molecule has 0 bridgehead atoms. The van der Waals surface area contributed by atoms with Crippen molar-refractivity contribution in [2.24, 2.45) is 0 Å². The van der Waals surface area contributed by atoms with E-state index in [1.54, 1.807) is 18.2 Å². The molecule has 0 saturated carbocycles. The summed E-state index contributed by atoms with van der Waals surface area (Å²) >= 11 is 5.93. The van der Waals surface area contributed by atoms with Gasteiger partial charge in [-0.1, -0.05) is 23.7 Å². The zero-order valence-corrected chi connectivity index (χ0v) is 8.32. The molecule has 0 spiro atoms. The van der Waals surface area contributed by atoms with Gasteiger partial charge < -0.3 is 10.8 Å². The number of carbonyl (C=O) groups is 1. The maximum atomic E-state index is 10.9. The molecule has 0 unspecified atom stereocenters. The number of carboxylic acids is 1. The Morgan fingerprint density at radius 2 is 2.20 bits per heavy atom. The molecule has 0 aliphatic heterocycles. The van der Waals surface area contributed by atoms with Crippen molar-refractivity contribution in [2.75, 3.05) is 5.73 Å². The maximum Gasteiger partial charge on any atom is 0.337 e. The van der Waals surface area contributed by atoms with Gasteiger partial charge in [0.1, 0.15) is 5.82 Å². The molecule has 0 radical (unpaired) electrons. The van der Waals surface area contributed by atoms with Crippen molar-refractivity contribution in [1.82, 2.24) is 4.98 Å². The number of anilines is 1. The zero-order chi connectivity index (χ0) is 11.0. The average Bonchev–Trinajstić information content (AvgIpc) is 2.19. The molecule has 15 heavy (non-hydrogen) atoms. The Bertz CT molecular complexity index is 554. The Kier molecular flexibility index (Phi) is 2.21. The van der Waals surface area contributed by atoms with Crippen LogP contribution in [-0.4, -0.2) is 16.1 Å². The van der Waals surface area contributed by atoms with Crippen molar-refractivity contribution in [3.63, 3.8) is 0 Å². The summed E-state index contributed by atoms with van der Waals surface area (Å²) < 4.78 is 0. The number of fused-ring (bicyclic) bond motifs is 1. The van der Waals surface area contributed by atoms with Crippen LogP contribution in [0, 0.1) is 0 Å². The minimum atomic E-state index is -1.07. The molecule has 0 fully saturated rings. The molecule has 2 rings (SSSR count). The summed E-state index contributed by atoms with van der Waals surface area (Å²) in [6, 6.07) is 5.01. The summed E-state index contributed by atoms with van der Waals surface area (Å²) in [4.78, 5) is 14.7. The van der Waals surface area contributed by atoms with Crippen LogP contribution in [0.5, 0.6) is 0 Å². The second kappa shape index (κ2) is 3.40. The number of benzene rings is 1. The number of rotatable bonds is 1. The van der Waals surface area contributed by atoms with Gasteiger partial charge in [0.05, 0.1) is 5.56 Å². The molecule has 0 atom stereocenters. The average molecular weight is 223 g/mol. The van der Waals surface area contributed by atoms with Crippen molar-refractivity contribution in [2.45, 2.75) is 0 Å². The van der Waals surface area contributed by atoms with Crippen LogP contribution in [-0.2, 0) is 0 Å². The van der Waals surface area contributed by atoms with Gasteiger partial charge in [0.15, 0.2) is 0 Å². The lowest BCUT2D eigenvalue weighted by molar-refractivity contribution is 0.0698. The van der Waals surface area contributed by atoms with Crippen LogP contribution in [0.25, 0.3) is 10.8 Å². The zero-order valence-electron chi connectivity index (χ0n) is 7.57. The maximum absolute atomic E-state index is 10.9. The fourth-order valence-corrected chi connectivity index (χ4v) is 1.72. The number of hydrogen-bond acceptors (Lipinski definition) is 3. The summed E-state index contributed by atoms with van der Waals surface area (Å²) in [5.74, 6) is -0.793. The van der Waals surface area contributed by atoms with Crippen molar-refractivity contribution in [3.05, 3.63) is 35.0 Å². The minimum absolute atomic E-state index is 0.0600. The summed E-state index contributed by atoms with van der Waals surface area (Å²) in [6.45, 7) is 0. The highest BCUT2D eigenvalue weighted by molar-refractivity contribution is 6.37. The Balaban J connectivity index is 2.96. The minimum Gasteiger partial charge on any atom is -0.478 e. The van der Waals surface area contributed by atoms with Gasteiger partial charge in [0, 0.05) is 22.0 Å². The summed E-state index contributed by atoms with van der Waals surface area (Å²) in [6.07, 6.45) is 1.21. The highest BCUT2D eigenvalue weighted by Crippen LogP contribution is 2.29. The molecule has 4 nitrogen and oxygen atoms in total. The molecule has 1 aromatic carbocycles. The predicted octanol–water partition coefficient (Wildman–Crippen LogP) is 2.17. The quantitative estimate of drug-likeness (QED) is 0.775. The van der Waals surface area contributed by atoms with E-state index in [1.807, 2.05) is 0 Å². The molecule has 2 aromatic rings. The highest BCUT2D eigenvalue weighted by atomic mass is 35.5. The molecule has 3 N–H and O–H groups in total. The second-order valence-electron chi connectivity index (χ2n) is 3.02. The van der Waals surface area contributed by atoms with Gasteiger partial charge in [-0.3, -0.25) is 0 Å². The largest absolute Gasteiger partial charge is 0.478 e. The van der Waals surface area contributed by atoms with Crippen LogP contribution >= 0.6 is 11.6 Å². The predicted molar refractivity (Wildman–Crippen MR) is 58.1 cm³/mol. The van der Waals surface area contributed by atoms with E-state index in [-0.39, 0.29) is 11.4 Å². The fourth-order valence-electron chi connectivity index (χ4n) is 1.44. The third-order valence-corrected chi connectivity index (χ3v) is 2.44. The Morgan fingerprint density at radius 1 is 1.47 bits per heavy atom. The topological polar surface area (TPSA) is 76.2 Å². The van der Waals surface area contributed by atoms with Crippen molar-refractivity contribution in [1.29, 1.82) is 0 Å². The molecule has 0 amide bonds. The number of hydrogen-bond donors (Lipinski definition) is 2. The van der Waals surface area contributed by atoms with Gasteiger partial charge >= 0.3 is 5.97 Å². The van der Waals surface area contributed by atoms with Crippen molar-refractivity contribution < 1.29 is 9.90 Å². The monoisotopic (exact) mass is 222 g/mol. The van der Waals surface area contributed by atoms with Crippen LogP contribution in [0.2, 0.25) is 5.02 Å². The summed E-state index contributed by atoms with van der Waals surface area (Å²) in [7, 11) is 0. The Labute approximate surface area is 90.3 Å². The van der Waals surface area contributed by atoms with Gasteiger partial charge in [0.2, 0.25) is 0 Å². The van der Waals surface area contributed by atoms with E-state index in [0.717, 1.165) is 0 Å². The Hall–Kier alpha value is -1.81. The van der Waals surface area contributed by atoms with E-state index < -0.39 is 5.97 Å². The number of nitrogens with two attached hydrogens (primary N) is 1. The number of halogens is 1. The molecule has 0 aliphatic rings. The van der Waals surface area contributed by atoms with Crippen LogP contribution in [0.1, 0.15) is 10.4 Å². The van der Waals surface area contributed by atoms with Crippen LogP contribution in [0.3, 0.4) is 0 Å². The fraction of sp³-hybridized carbons (Fsp3) is 0. The molecule has 1 heterocycles. The first kappa shape index (κ1) is 9.73. The third-order valence-electron chi connectivity index (χ3n) is 2.12. The SMILES string of the molecule is Nc1ncc(C(=O)O)c2c(Cl)cccc12. The van der Waals surface area contributed by atoms with Gasteiger partial charge in [-0.2, -0.15) is 0 Å². The smallest absolute Gasteiger partial charge is 0.337 e. The molecule has 5 heteroatoms. The number of aromatic nitrogens is 1. The molecule has 76 valence electrons. The first-order valence-electron chi connectivity index (χ1n) is 4.17. The van der Waals surface area contributed by atoms with E-state index >= 15 is 0 Å². The van der Waals surface area contributed by atoms with Gasteiger partial charge in [-0.25, -0.2) is 9.78 Å². The normalized spacial score (nSPS) is 10.5. The number of nitrogen functional groups attached to an aromatic ring is 1. The molecule has 0 aliphatic carbocycles. The second-order valence-corrected chi connectivity index (χ2v) is 3.43. The number of aromatic carboxylic acids is 1. The molecular formula is C10H7ClN2O2. The summed E-state index contributed by atoms with van der Waals surface area (Å²) in [5, 5.41) is 10.3. The third kappa shape index (κ3) is 1.49. The van der Waals surface area contributed by atoms with Crippen LogP contribution in [0.15, 0.2) is 24.4 Å². The number of carboxylic acid groups (broad SMARTS) is 1. The lowest BCUT2D eigenvalue weighted by Gasteiger charge is -2.05. The van der Waals surface area contributed by atoms with Gasteiger partial charge in [0.25, 0.3) is 0 Å². The summed E-state index contributed by atoms with van der Waals surface area (Å²) in [5.41, 5.74) is 5.69. The number of pyridine rings is 1.